The van der Waals surface area contributed by atoms with Crippen molar-refractivity contribution in [3.8, 4) is 11.5 Å². The highest BCUT2D eigenvalue weighted by molar-refractivity contribution is 6.14. The smallest absolute Gasteiger partial charge is 0.347 e. The van der Waals surface area contributed by atoms with Gasteiger partial charge in [-0.1, -0.05) is 12.1 Å². The fourth-order valence-corrected chi connectivity index (χ4v) is 2.63. The Morgan fingerprint density at radius 1 is 1.29 bits per heavy atom. The number of nitrogens with zero attached hydrogens (tertiary/aromatic N) is 1. The van der Waals surface area contributed by atoms with Crippen LogP contribution in [0.1, 0.15) is 29.8 Å². The number of hydrogen-bond donors (Lipinski definition) is 0. The number of esters is 1. The third-order valence-electron chi connectivity index (χ3n) is 3.95. The Bertz CT molecular complexity index is 980. The molecule has 3 rings (SSSR count). The van der Waals surface area contributed by atoms with E-state index in [2.05, 4.69) is 0 Å². The molecule has 28 heavy (non-hydrogen) atoms. The van der Waals surface area contributed by atoms with E-state index in [0.717, 1.165) is 0 Å². The number of carbonyl (C=O) groups is 2. The van der Waals surface area contributed by atoms with Gasteiger partial charge in [0.05, 0.1) is 17.1 Å². The molecule has 0 saturated carbocycles. The molecule has 0 N–H and O–H groups in total. The van der Waals surface area contributed by atoms with Crippen LogP contribution in [0.15, 0.2) is 48.2 Å². The van der Waals surface area contributed by atoms with Gasteiger partial charge in [0, 0.05) is 18.2 Å². The summed E-state index contributed by atoms with van der Waals surface area (Å²) >= 11 is 0. The third-order valence-corrected chi connectivity index (χ3v) is 3.95. The molecule has 0 bridgehead atoms. The Morgan fingerprint density at radius 2 is 2.07 bits per heavy atom. The normalized spacial score (nSPS) is 14.9. The summed E-state index contributed by atoms with van der Waals surface area (Å²) in [5.74, 6) is -0.150. The second kappa shape index (κ2) is 7.91. The Hall–Kier alpha value is -3.68. The predicted octanol–water partition coefficient (Wildman–Crippen LogP) is 3.54. The zero-order chi connectivity index (χ0) is 20.3. The van der Waals surface area contributed by atoms with Gasteiger partial charge in [-0.2, -0.15) is 0 Å². The molecule has 1 aliphatic heterocycles. The number of non-ortho nitro benzene ring substituents is 1. The fourth-order valence-electron chi connectivity index (χ4n) is 2.63. The van der Waals surface area contributed by atoms with E-state index in [-0.39, 0.29) is 29.6 Å². The van der Waals surface area contributed by atoms with Gasteiger partial charge in [0.1, 0.15) is 11.5 Å². The van der Waals surface area contributed by atoms with Crippen LogP contribution in [0.25, 0.3) is 6.08 Å². The number of ether oxygens (including phenoxy) is 3. The molecule has 8 heteroatoms. The highest BCUT2D eigenvalue weighted by atomic mass is 16.6. The number of ketones is 1. The van der Waals surface area contributed by atoms with Crippen LogP contribution in [0.2, 0.25) is 0 Å². The maximum Gasteiger partial charge on any atom is 0.347 e. The van der Waals surface area contributed by atoms with Crippen molar-refractivity contribution in [2.45, 2.75) is 20.0 Å². The Morgan fingerprint density at radius 3 is 2.79 bits per heavy atom. The van der Waals surface area contributed by atoms with Gasteiger partial charge >= 0.3 is 5.97 Å². The van der Waals surface area contributed by atoms with E-state index in [0.29, 0.717) is 16.9 Å². The van der Waals surface area contributed by atoms with Gasteiger partial charge in [0.2, 0.25) is 5.78 Å². The molecule has 144 valence electrons. The molecular formula is C20H17NO7. The van der Waals surface area contributed by atoms with Gasteiger partial charge in [-0.25, -0.2) is 4.79 Å². The SMILES string of the molecule is CCOC(=O)[C@H](C)Oc1ccc2c(c1)O/C(=C/c1cccc([N+](=O)[O-])c1)C2=O. The zero-order valence-electron chi connectivity index (χ0n) is 15.2. The van der Waals surface area contributed by atoms with Crippen LogP contribution in [-0.4, -0.2) is 29.4 Å². The van der Waals surface area contributed by atoms with Gasteiger partial charge in [-0.15, -0.1) is 0 Å². The first-order chi connectivity index (χ1) is 13.4. The monoisotopic (exact) mass is 383 g/mol. The second-order valence-corrected chi connectivity index (χ2v) is 5.96. The van der Waals surface area contributed by atoms with Crippen molar-refractivity contribution < 1.29 is 28.7 Å². The number of allylic oxidation sites excluding steroid dienone is 1. The lowest BCUT2D eigenvalue weighted by Crippen LogP contribution is -2.26. The largest absolute Gasteiger partial charge is 0.479 e. The predicted molar refractivity (Wildman–Crippen MR) is 99.2 cm³/mol. The molecule has 2 aromatic rings. The maximum atomic E-state index is 12.5. The number of fused-ring (bicyclic) bond motifs is 1. The van der Waals surface area contributed by atoms with Crippen molar-refractivity contribution in [3.63, 3.8) is 0 Å². The molecule has 1 atom stereocenters. The van der Waals surface area contributed by atoms with E-state index >= 15 is 0 Å². The molecular weight excluding hydrogens is 366 g/mol. The number of hydrogen-bond acceptors (Lipinski definition) is 7. The number of benzene rings is 2. The number of Topliss-reactive ketones (excluding diaryl/α,β-unsaturated/α-hetero) is 1. The summed E-state index contributed by atoms with van der Waals surface area (Å²) < 4.78 is 16.0. The van der Waals surface area contributed by atoms with Crippen molar-refractivity contribution in [2.24, 2.45) is 0 Å². The molecule has 2 aromatic carbocycles. The van der Waals surface area contributed by atoms with Crippen LogP contribution in [0.5, 0.6) is 11.5 Å². The van der Waals surface area contributed by atoms with Crippen molar-refractivity contribution in [3.05, 3.63) is 69.5 Å². The minimum Gasteiger partial charge on any atom is -0.479 e. The van der Waals surface area contributed by atoms with E-state index < -0.39 is 17.0 Å². The van der Waals surface area contributed by atoms with Crippen LogP contribution in [0, 0.1) is 10.1 Å². The Kier molecular flexibility index (Phi) is 5.39. The molecule has 0 amide bonds. The Balaban J connectivity index is 1.80. The summed E-state index contributed by atoms with van der Waals surface area (Å²) in [5.41, 5.74) is 0.728. The summed E-state index contributed by atoms with van der Waals surface area (Å²) in [4.78, 5) is 34.6. The van der Waals surface area contributed by atoms with E-state index in [1.807, 2.05) is 0 Å². The lowest BCUT2D eigenvalue weighted by atomic mass is 10.1. The lowest BCUT2D eigenvalue weighted by molar-refractivity contribution is -0.384. The second-order valence-electron chi connectivity index (χ2n) is 5.96. The average molecular weight is 383 g/mol. The quantitative estimate of drug-likeness (QED) is 0.325. The molecule has 0 aromatic heterocycles. The van der Waals surface area contributed by atoms with Crippen LogP contribution in [0.3, 0.4) is 0 Å². The minimum atomic E-state index is -0.810. The first kappa shape index (κ1) is 19.1. The summed E-state index contributed by atoms with van der Waals surface area (Å²) in [7, 11) is 0. The lowest BCUT2D eigenvalue weighted by Gasteiger charge is -2.13. The third kappa shape index (κ3) is 4.01. The van der Waals surface area contributed by atoms with Crippen LogP contribution >= 0.6 is 0 Å². The van der Waals surface area contributed by atoms with Crippen molar-refractivity contribution >= 4 is 23.5 Å². The van der Waals surface area contributed by atoms with E-state index in [1.54, 1.807) is 32.0 Å². The number of rotatable bonds is 6. The van der Waals surface area contributed by atoms with Crippen LogP contribution < -0.4 is 9.47 Å². The number of carbonyl (C=O) groups excluding carboxylic acids is 2. The first-order valence-electron chi connectivity index (χ1n) is 8.55. The average Bonchev–Trinajstić information content (AvgIpc) is 2.97. The fraction of sp³-hybridized carbons (Fsp3) is 0.200. The topological polar surface area (TPSA) is 105 Å². The van der Waals surface area contributed by atoms with Gasteiger partial charge < -0.3 is 14.2 Å². The summed E-state index contributed by atoms with van der Waals surface area (Å²) in [6.45, 7) is 3.51. The van der Waals surface area contributed by atoms with Crippen LogP contribution in [0.4, 0.5) is 5.69 Å². The van der Waals surface area contributed by atoms with Gasteiger partial charge in [-0.05, 0) is 37.6 Å². The summed E-state index contributed by atoms with van der Waals surface area (Å²) in [6.07, 6.45) is 0.631. The maximum absolute atomic E-state index is 12.5. The van der Waals surface area contributed by atoms with Gasteiger partial charge in [-0.3, -0.25) is 14.9 Å². The van der Waals surface area contributed by atoms with E-state index in [4.69, 9.17) is 14.2 Å². The molecule has 0 spiro atoms. The van der Waals surface area contributed by atoms with Crippen molar-refractivity contribution in [1.29, 1.82) is 0 Å². The molecule has 0 saturated heterocycles. The zero-order valence-corrected chi connectivity index (χ0v) is 15.2. The first-order valence-corrected chi connectivity index (χ1v) is 8.55. The molecule has 0 aliphatic carbocycles. The molecule has 0 radical (unpaired) electrons. The molecule has 0 unspecified atom stereocenters. The molecule has 1 aliphatic rings. The number of nitro groups is 1. The summed E-state index contributed by atoms with van der Waals surface area (Å²) in [6, 6.07) is 10.5. The van der Waals surface area contributed by atoms with Crippen LogP contribution in [-0.2, 0) is 9.53 Å². The van der Waals surface area contributed by atoms with E-state index in [9.17, 15) is 19.7 Å². The number of nitro benzene ring substituents is 1. The Labute approximate surface area is 160 Å². The van der Waals surface area contributed by atoms with Crippen molar-refractivity contribution in [1.82, 2.24) is 0 Å². The molecule has 1 heterocycles. The minimum absolute atomic E-state index is 0.0473. The van der Waals surface area contributed by atoms with Gasteiger partial charge in [0.15, 0.2) is 11.9 Å². The molecule has 0 fully saturated rings. The van der Waals surface area contributed by atoms with E-state index in [1.165, 1.54) is 30.3 Å². The highest BCUT2D eigenvalue weighted by Crippen LogP contribution is 2.35. The van der Waals surface area contributed by atoms with Crippen molar-refractivity contribution in [2.75, 3.05) is 6.61 Å². The van der Waals surface area contributed by atoms with Gasteiger partial charge in [0.25, 0.3) is 5.69 Å². The highest BCUT2D eigenvalue weighted by Gasteiger charge is 2.28. The summed E-state index contributed by atoms with van der Waals surface area (Å²) in [5, 5.41) is 10.9. The standard InChI is InChI=1S/C20H17NO7/c1-3-26-20(23)12(2)27-15-7-8-16-17(11-15)28-18(19(16)22)10-13-5-4-6-14(9-13)21(24)25/h4-12H,3H2,1-2H3/b18-10+/t12-/m0/s1. The molecule has 8 nitrogen and oxygen atoms in total.